The molecular formula is C17H22N2O4. The van der Waals surface area contributed by atoms with E-state index in [1.807, 2.05) is 12.1 Å². The van der Waals surface area contributed by atoms with Crippen molar-refractivity contribution in [2.75, 3.05) is 6.79 Å². The van der Waals surface area contributed by atoms with Gasteiger partial charge in [0.1, 0.15) is 5.82 Å². The van der Waals surface area contributed by atoms with E-state index in [0.29, 0.717) is 12.3 Å². The van der Waals surface area contributed by atoms with Gasteiger partial charge < -0.3 is 19.1 Å². The van der Waals surface area contributed by atoms with E-state index >= 15 is 0 Å². The lowest BCUT2D eigenvalue weighted by Gasteiger charge is -2.10. The first-order valence-corrected chi connectivity index (χ1v) is 8.05. The normalized spacial score (nSPS) is 13.2. The van der Waals surface area contributed by atoms with Gasteiger partial charge in [0.2, 0.25) is 6.79 Å². The topological polar surface area (TPSA) is 73.6 Å². The summed E-state index contributed by atoms with van der Waals surface area (Å²) < 4.78 is 13.1. The summed E-state index contributed by atoms with van der Waals surface area (Å²) in [7, 11) is 0. The molecule has 1 aromatic heterocycles. The fraction of sp³-hybridized carbons (Fsp3) is 0.529. The minimum Gasteiger partial charge on any atom is -0.481 e. The molecule has 2 heterocycles. The molecule has 0 saturated carbocycles. The minimum atomic E-state index is -0.744. The molecule has 1 N–H and O–H groups in total. The number of hydrogen-bond acceptors (Lipinski definition) is 4. The van der Waals surface area contributed by atoms with Crippen LogP contribution in [0.15, 0.2) is 12.1 Å². The highest BCUT2D eigenvalue weighted by Gasteiger charge is 2.19. The SMILES string of the molecule is CC(C)Cc1nc2cc3c(cc2n1CCCCC(=O)O)OCO3. The molecule has 0 saturated heterocycles. The Morgan fingerprint density at radius 2 is 2.04 bits per heavy atom. The smallest absolute Gasteiger partial charge is 0.303 e. The van der Waals surface area contributed by atoms with Crippen molar-refractivity contribution in [3.63, 3.8) is 0 Å². The third-order valence-electron chi connectivity index (χ3n) is 3.93. The fourth-order valence-corrected chi connectivity index (χ4v) is 2.88. The van der Waals surface area contributed by atoms with E-state index in [4.69, 9.17) is 19.6 Å². The number of aryl methyl sites for hydroxylation is 1. The summed E-state index contributed by atoms with van der Waals surface area (Å²) in [6.07, 6.45) is 2.58. The van der Waals surface area contributed by atoms with E-state index in [2.05, 4.69) is 18.4 Å². The Bertz CT molecular complexity index is 721. The molecule has 0 fully saturated rings. The van der Waals surface area contributed by atoms with Gasteiger partial charge in [0.15, 0.2) is 11.5 Å². The second-order valence-electron chi connectivity index (χ2n) is 6.32. The Morgan fingerprint density at radius 1 is 1.30 bits per heavy atom. The second-order valence-corrected chi connectivity index (χ2v) is 6.32. The van der Waals surface area contributed by atoms with Crippen LogP contribution >= 0.6 is 0 Å². The Balaban J connectivity index is 1.89. The van der Waals surface area contributed by atoms with Crippen molar-refractivity contribution in [2.45, 2.75) is 46.1 Å². The maximum Gasteiger partial charge on any atom is 0.303 e. The lowest BCUT2D eigenvalue weighted by atomic mass is 10.1. The van der Waals surface area contributed by atoms with Crippen molar-refractivity contribution in [3.8, 4) is 11.5 Å². The van der Waals surface area contributed by atoms with Gasteiger partial charge in [-0.2, -0.15) is 0 Å². The third kappa shape index (κ3) is 3.41. The zero-order valence-corrected chi connectivity index (χ0v) is 13.5. The summed E-state index contributed by atoms with van der Waals surface area (Å²) in [4.78, 5) is 15.4. The lowest BCUT2D eigenvalue weighted by molar-refractivity contribution is -0.137. The van der Waals surface area contributed by atoms with Crippen LogP contribution in [0.1, 0.15) is 38.9 Å². The number of aromatic nitrogens is 2. The van der Waals surface area contributed by atoms with Gasteiger partial charge in [0.05, 0.1) is 11.0 Å². The number of ether oxygens (including phenoxy) is 2. The zero-order chi connectivity index (χ0) is 16.4. The maximum atomic E-state index is 10.7. The molecule has 3 rings (SSSR count). The van der Waals surface area contributed by atoms with E-state index in [-0.39, 0.29) is 13.2 Å². The van der Waals surface area contributed by atoms with Gasteiger partial charge in [-0.3, -0.25) is 4.79 Å². The number of hydrogen-bond donors (Lipinski definition) is 1. The Morgan fingerprint density at radius 3 is 2.74 bits per heavy atom. The lowest BCUT2D eigenvalue weighted by Crippen LogP contribution is -2.07. The molecule has 1 aromatic carbocycles. The first kappa shape index (κ1) is 15.6. The molecule has 0 bridgehead atoms. The standard InChI is InChI=1S/C17H22N2O4/c1-11(2)7-16-18-12-8-14-15(23-10-22-14)9-13(12)19(16)6-4-3-5-17(20)21/h8-9,11H,3-7,10H2,1-2H3,(H,20,21). The summed E-state index contributed by atoms with van der Waals surface area (Å²) in [5.41, 5.74) is 1.93. The monoisotopic (exact) mass is 318 g/mol. The quantitative estimate of drug-likeness (QED) is 0.794. The molecule has 0 atom stereocenters. The summed E-state index contributed by atoms with van der Waals surface area (Å²) in [5, 5.41) is 8.77. The van der Waals surface area contributed by atoms with Gasteiger partial charge >= 0.3 is 5.97 Å². The maximum absolute atomic E-state index is 10.7. The molecule has 0 unspecified atom stereocenters. The number of aliphatic carboxylic acids is 1. The molecule has 6 nitrogen and oxygen atoms in total. The highest BCUT2D eigenvalue weighted by Crippen LogP contribution is 2.36. The molecule has 6 heteroatoms. The molecule has 2 aromatic rings. The van der Waals surface area contributed by atoms with Gasteiger partial charge in [-0.25, -0.2) is 4.98 Å². The number of carboxylic acids is 1. The van der Waals surface area contributed by atoms with Crippen LogP contribution in [0.3, 0.4) is 0 Å². The van der Waals surface area contributed by atoms with Crippen molar-refractivity contribution in [2.24, 2.45) is 5.92 Å². The zero-order valence-electron chi connectivity index (χ0n) is 13.5. The van der Waals surface area contributed by atoms with Crippen LogP contribution in [0.2, 0.25) is 0 Å². The van der Waals surface area contributed by atoms with Crippen LogP contribution in [0.5, 0.6) is 11.5 Å². The highest BCUT2D eigenvalue weighted by atomic mass is 16.7. The van der Waals surface area contributed by atoms with Crippen LogP contribution in [0.25, 0.3) is 11.0 Å². The van der Waals surface area contributed by atoms with E-state index in [9.17, 15) is 4.79 Å². The van der Waals surface area contributed by atoms with E-state index < -0.39 is 5.97 Å². The summed E-state index contributed by atoms with van der Waals surface area (Å²) in [6, 6.07) is 3.90. The van der Waals surface area contributed by atoms with Crippen molar-refractivity contribution < 1.29 is 19.4 Å². The number of nitrogens with zero attached hydrogens (tertiary/aromatic N) is 2. The molecule has 0 radical (unpaired) electrons. The predicted molar refractivity (Wildman–Crippen MR) is 85.9 cm³/mol. The number of carboxylic acid groups (broad SMARTS) is 1. The minimum absolute atomic E-state index is 0.207. The molecule has 1 aliphatic heterocycles. The van der Waals surface area contributed by atoms with E-state index in [1.165, 1.54) is 0 Å². The Labute approximate surface area is 135 Å². The number of unbranched alkanes of at least 4 members (excludes halogenated alkanes) is 1. The van der Waals surface area contributed by atoms with Crippen molar-refractivity contribution in [3.05, 3.63) is 18.0 Å². The van der Waals surface area contributed by atoms with Gasteiger partial charge in [-0.05, 0) is 18.8 Å². The van der Waals surface area contributed by atoms with Crippen molar-refractivity contribution >= 4 is 17.0 Å². The number of benzene rings is 1. The average molecular weight is 318 g/mol. The molecule has 124 valence electrons. The van der Waals surface area contributed by atoms with Crippen LogP contribution < -0.4 is 9.47 Å². The number of imidazole rings is 1. The van der Waals surface area contributed by atoms with Gasteiger partial charge in [-0.15, -0.1) is 0 Å². The largest absolute Gasteiger partial charge is 0.481 e. The molecule has 1 aliphatic rings. The van der Waals surface area contributed by atoms with E-state index in [0.717, 1.165) is 47.7 Å². The highest BCUT2D eigenvalue weighted by molar-refractivity contribution is 5.81. The van der Waals surface area contributed by atoms with Crippen molar-refractivity contribution in [1.29, 1.82) is 0 Å². The average Bonchev–Trinajstić information content (AvgIpc) is 3.04. The first-order valence-electron chi connectivity index (χ1n) is 8.05. The molecule has 0 spiro atoms. The summed E-state index contributed by atoms with van der Waals surface area (Å²) in [5.74, 6) is 2.29. The van der Waals surface area contributed by atoms with Gasteiger partial charge in [-0.1, -0.05) is 13.8 Å². The Kier molecular flexibility index (Phi) is 4.41. The van der Waals surface area contributed by atoms with Crippen LogP contribution in [0.4, 0.5) is 0 Å². The van der Waals surface area contributed by atoms with Crippen molar-refractivity contribution in [1.82, 2.24) is 9.55 Å². The third-order valence-corrected chi connectivity index (χ3v) is 3.93. The predicted octanol–water partition coefficient (Wildman–Crippen LogP) is 3.22. The number of rotatable bonds is 7. The van der Waals surface area contributed by atoms with Gasteiger partial charge in [0.25, 0.3) is 0 Å². The van der Waals surface area contributed by atoms with Crippen LogP contribution in [-0.2, 0) is 17.8 Å². The molecule has 0 amide bonds. The molecular weight excluding hydrogens is 296 g/mol. The fourth-order valence-electron chi connectivity index (χ4n) is 2.88. The molecule has 23 heavy (non-hydrogen) atoms. The van der Waals surface area contributed by atoms with Gasteiger partial charge in [0, 0.05) is 31.5 Å². The Hall–Kier alpha value is -2.24. The number of fused-ring (bicyclic) bond motifs is 2. The number of carbonyl (C=O) groups is 1. The second kappa shape index (κ2) is 6.48. The molecule has 0 aliphatic carbocycles. The summed E-state index contributed by atoms with van der Waals surface area (Å²) in [6.45, 7) is 5.35. The first-order chi connectivity index (χ1) is 11.0. The van der Waals surface area contributed by atoms with Crippen LogP contribution in [-0.4, -0.2) is 27.4 Å². The van der Waals surface area contributed by atoms with E-state index in [1.54, 1.807) is 0 Å². The van der Waals surface area contributed by atoms with Crippen LogP contribution in [0, 0.1) is 5.92 Å². The summed E-state index contributed by atoms with van der Waals surface area (Å²) >= 11 is 0.